The van der Waals surface area contributed by atoms with E-state index in [1.165, 1.54) is 20.3 Å². The lowest BCUT2D eigenvalue weighted by Gasteiger charge is -2.15. The first-order valence-electron chi connectivity index (χ1n) is 6.46. The van der Waals surface area contributed by atoms with Crippen molar-refractivity contribution >= 4 is 28.8 Å². The van der Waals surface area contributed by atoms with E-state index in [1.807, 2.05) is 11.3 Å². The molecule has 0 saturated heterocycles. The molecule has 0 aliphatic carbocycles. The van der Waals surface area contributed by atoms with Gasteiger partial charge in [-0.05, 0) is 42.0 Å². The van der Waals surface area contributed by atoms with E-state index in [0.29, 0.717) is 0 Å². The quantitative estimate of drug-likeness (QED) is 0.759. The first-order chi connectivity index (χ1) is 8.99. The molecule has 1 aromatic carbocycles. The minimum atomic E-state index is 0.252. The first-order valence-corrected chi connectivity index (χ1v) is 8.50. The summed E-state index contributed by atoms with van der Waals surface area (Å²) in [7, 11) is 0. The van der Waals surface area contributed by atoms with Gasteiger partial charge in [-0.15, -0.1) is 23.1 Å². The van der Waals surface area contributed by atoms with Crippen LogP contribution in [0.2, 0.25) is 0 Å². The lowest BCUT2D eigenvalue weighted by molar-refractivity contribution is 0.604. The van der Waals surface area contributed by atoms with E-state index < -0.39 is 0 Å². The van der Waals surface area contributed by atoms with Crippen LogP contribution < -0.4 is 5.32 Å². The topological polar surface area (TPSA) is 12.0 Å². The van der Waals surface area contributed by atoms with Crippen molar-refractivity contribution in [1.82, 2.24) is 0 Å². The second kappa shape index (κ2) is 6.02. The van der Waals surface area contributed by atoms with E-state index in [2.05, 4.69) is 68.7 Å². The first kappa shape index (κ1) is 14.5. The fourth-order valence-electron chi connectivity index (χ4n) is 1.80. The standard InChI is InChI=1S/C16H21NS2/c1-16(2,3)15-9-8-14(19-15)11-17-12-6-5-7-13(10-12)18-4/h5-10,17H,11H2,1-4H3. The minimum Gasteiger partial charge on any atom is -0.380 e. The van der Waals surface area contributed by atoms with Crippen LogP contribution in [0.4, 0.5) is 5.69 Å². The molecule has 0 radical (unpaired) electrons. The van der Waals surface area contributed by atoms with E-state index in [9.17, 15) is 0 Å². The van der Waals surface area contributed by atoms with E-state index in [1.54, 1.807) is 11.8 Å². The van der Waals surface area contributed by atoms with Crippen LogP contribution in [0.25, 0.3) is 0 Å². The van der Waals surface area contributed by atoms with Crippen LogP contribution in [0, 0.1) is 0 Å². The zero-order chi connectivity index (χ0) is 13.9. The van der Waals surface area contributed by atoms with Gasteiger partial charge in [-0.25, -0.2) is 0 Å². The maximum atomic E-state index is 3.50. The molecular weight excluding hydrogens is 270 g/mol. The molecule has 0 saturated carbocycles. The summed E-state index contributed by atoms with van der Waals surface area (Å²) >= 11 is 3.68. The van der Waals surface area contributed by atoms with Gasteiger partial charge in [-0.1, -0.05) is 26.8 Å². The smallest absolute Gasteiger partial charge is 0.0494 e. The highest BCUT2D eigenvalue weighted by molar-refractivity contribution is 7.98. The van der Waals surface area contributed by atoms with Crippen molar-refractivity contribution in [3.63, 3.8) is 0 Å². The molecular formula is C16H21NS2. The Morgan fingerprint density at radius 3 is 2.58 bits per heavy atom. The molecule has 0 atom stereocenters. The zero-order valence-corrected chi connectivity index (χ0v) is 13.6. The van der Waals surface area contributed by atoms with Gasteiger partial charge in [0.2, 0.25) is 0 Å². The molecule has 0 fully saturated rings. The average molecular weight is 291 g/mol. The summed E-state index contributed by atoms with van der Waals surface area (Å²) in [5.74, 6) is 0. The molecule has 102 valence electrons. The molecule has 3 heteroatoms. The lowest BCUT2D eigenvalue weighted by Crippen LogP contribution is -2.07. The van der Waals surface area contributed by atoms with Gasteiger partial charge in [0.05, 0.1) is 0 Å². The fourth-order valence-corrected chi connectivity index (χ4v) is 3.26. The molecule has 0 amide bonds. The van der Waals surface area contributed by atoms with Crippen LogP contribution in [0.15, 0.2) is 41.3 Å². The third-order valence-corrected chi connectivity index (χ3v) is 5.17. The third kappa shape index (κ3) is 4.02. The number of nitrogens with one attached hydrogen (secondary N) is 1. The van der Waals surface area contributed by atoms with Crippen molar-refractivity contribution in [1.29, 1.82) is 0 Å². The lowest BCUT2D eigenvalue weighted by atomic mass is 9.95. The highest BCUT2D eigenvalue weighted by Crippen LogP contribution is 2.30. The minimum absolute atomic E-state index is 0.252. The Hall–Kier alpha value is -0.930. The van der Waals surface area contributed by atoms with Gasteiger partial charge in [-0.3, -0.25) is 0 Å². The Labute approximate surface area is 124 Å². The van der Waals surface area contributed by atoms with Crippen LogP contribution >= 0.6 is 23.1 Å². The monoisotopic (exact) mass is 291 g/mol. The largest absolute Gasteiger partial charge is 0.380 e. The van der Waals surface area contributed by atoms with Gasteiger partial charge in [0, 0.05) is 26.9 Å². The molecule has 1 heterocycles. The molecule has 0 bridgehead atoms. The normalized spacial score (nSPS) is 11.6. The molecule has 2 aromatic rings. The highest BCUT2D eigenvalue weighted by Gasteiger charge is 2.15. The molecule has 1 nitrogen and oxygen atoms in total. The summed E-state index contributed by atoms with van der Waals surface area (Å²) in [4.78, 5) is 4.13. The SMILES string of the molecule is CSc1cccc(NCc2ccc(C(C)(C)C)s2)c1. The number of rotatable bonds is 4. The number of anilines is 1. The fraction of sp³-hybridized carbons (Fsp3) is 0.375. The average Bonchev–Trinajstić information content (AvgIpc) is 2.85. The summed E-state index contributed by atoms with van der Waals surface area (Å²) in [5, 5.41) is 3.50. The van der Waals surface area contributed by atoms with Crippen molar-refractivity contribution in [2.24, 2.45) is 0 Å². The Bertz CT molecular complexity index is 538. The Morgan fingerprint density at radius 1 is 1.16 bits per heavy atom. The third-order valence-electron chi connectivity index (χ3n) is 2.94. The van der Waals surface area contributed by atoms with Gasteiger partial charge < -0.3 is 5.32 Å². The molecule has 0 aliphatic heterocycles. The predicted molar refractivity (Wildman–Crippen MR) is 88.6 cm³/mol. The molecule has 0 aliphatic rings. The van der Waals surface area contributed by atoms with Gasteiger partial charge in [0.1, 0.15) is 0 Å². The van der Waals surface area contributed by atoms with Crippen LogP contribution in [0.5, 0.6) is 0 Å². The van der Waals surface area contributed by atoms with E-state index >= 15 is 0 Å². The van der Waals surface area contributed by atoms with Crippen LogP contribution in [-0.2, 0) is 12.0 Å². The van der Waals surface area contributed by atoms with Crippen molar-refractivity contribution < 1.29 is 0 Å². The number of thioether (sulfide) groups is 1. The molecule has 2 rings (SSSR count). The Morgan fingerprint density at radius 2 is 1.95 bits per heavy atom. The zero-order valence-electron chi connectivity index (χ0n) is 12.0. The number of benzene rings is 1. The predicted octanol–water partition coefficient (Wildman–Crippen LogP) is 5.38. The van der Waals surface area contributed by atoms with Crippen molar-refractivity contribution in [3.8, 4) is 0 Å². The van der Waals surface area contributed by atoms with Gasteiger partial charge in [0.25, 0.3) is 0 Å². The summed E-state index contributed by atoms with van der Waals surface area (Å²) < 4.78 is 0. The number of thiophene rings is 1. The van der Waals surface area contributed by atoms with Gasteiger partial charge in [-0.2, -0.15) is 0 Å². The maximum Gasteiger partial charge on any atom is 0.0494 e. The maximum absolute atomic E-state index is 3.50. The Kier molecular flexibility index (Phi) is 4.58. The molecule has 0 spiro atoms. The second-order valence-corrected chi connectivity index (χ2v) is 7.65. The number of hydrogen-bond acceptors (Lipinski definition) is 3. The van der Waals surface area contributed by atoms with Crippen LogP contribution in [-0.4, -0.2) is 6.26 Å². The molecule has 1 N–H and O–H groups in total. The highest BCUT2D eigenvalue weighted by atomic mass is 32.2. The van der Waals surface area contributed by atoms with Gasteiger partial charge >= 0.3 is 0 Å². The summed E-state index contributed by atoms with van der Waals surface area (Å²) in [6.07, 6.45) is 2.11. The summed E-state index contributed by atoms with van der Waals surface area (Å²) in [6, 6.07) is 13.0. The van der Waals surface area contributed by atoms with Crippen molar-refractivity contribution in [2.45, 2.75) is 37.6 Å². The number of hydrogen-bond donors (Lipinski definition) is 1. The molecule has 19 heavy (non-hydrogen) atoms. The van der Waals surface area contributed by atoms with Crippen LogP contribution in [0.3, 0.4) is 0 Å². The van der Waals surface area contributed by atoms with E-state index in [4.69, 9.17) is 0 Å². The van der Waals surface area contributed by atoms with E-state index in [-0.39, 0.29) is 5.41 Å². The van der Waals surface area contributed by atoms with Crippen molar-refractivity contribution in [3.05, 3.63) is 46.2 Å². The summed E-state index contributed by atoms with van der Waals surface area (Å²) in [6.45, 7) is 7.69. The summed E-state index contributed by atoms with van der Waals surface area (Å²) in [5.41, 5.74) is 1.44. The molecule has 1 aromatic heterocycles. The van der Waals surface area contributed by atoms with Crippen molar-refractivity contribution in [2.75, 3.05) is 11.6 Å². The Balaban J connectivity index is 2.00. The molecule has 0 unspecified atom stereocenters. The second-order valence-electron chi connectivity index (χ2n) is 5.60. The van der Waals surface area contributed by atoms with Gasteiger partial charge in [0.15, 0.2) is 0 Å². The van der Waals surface area contributed by atoms with E-state index in [0.717, 1.165) is 6.54 Å². The van der Waals surface area contributed by atoms with Crippen LogP contribution in [0.1, 0.15) is 30.5 Å².